The van der Waals surface area contributed by atoms with Crippen molar-refractivity contribution in [2.75, 3.05) is 32.1 Å². The highest BCUT2D eigenvalue weighted by atomic mass is 35.5. The number of hydrogen-bond donors (Lipinski definition) is 1. The number of sulfone groups is 1. The molecule has 1 atom stereocenters. The molecule has 0 radical (unpaired) electrons. The van der Waals surface area contributed by atoms with Gasteiger partial charge in [0.2, 0.25) is 0 Å². The van der Waals surface area contributed by atoms with E-state index in [4.69, 9.17) is 16.3 Å². The van der Waals surface area contributed by atoms with Gasteiger partial charge in [-0.3, -0.25) is 9.29 Å². The zero-order valence-corrected chi connectivity index (χ0v) is 22.9. The fraction of sp³-hybridized carbons (Fsp3) is 0.333. The van der Waals surface area contributed by atoms with Crippen LogP contribution in [0.15, 0.2) is 65.6 Å². The molecule has 0 aromatic heterocycles. The Morgan fingerprint density at radius 3 is 2.66 bits per heavy atom. The number of halogens is 2. The Hall–Kier alpha value is -2.87. The highest BCUT2D eigenvalue weighted by molar-refractivity contribution is 7.91. The molecule has 2 heterocycles. The van der Waals surface area contributed by atoms with Gasteiger partial charge in [0.05, 0.1) is 17.3 Å². The van der Waals surface area contributed by atoms with Crippen LogP contribution in [0.4, 0.5) is 4.39 Å². The van der Waals surface area contributed by atoms with Crippen LogP contribution in [0.5, 0.6) is 11.5 Å². The van der Waals surface area contributed by atoms with Crippen molar-refractivity contribution in [2.24, 2.45) is 0 Å². The molecule has 2 aliphatic rings. The second-order valence-electron chi connectivity index (χ2n) is 9.91. The lowest BCUT2D eigenvalue weighted by Crippen LogP contribution is -2.26. The van der Waals surface area contributed by atoms with Crippen molar-refractivity contribution in [2.45, 2.75) is 37.2 Å². The summed E-state index contributed by atoms with van der Waals surface area (Å²) in [6.07, 6.45) is 1.80. The molecule has 0 amide bonds. The molecule has 0 aliphatic carbocycles. The maximum Gasteiger partial charge on any atom is 0.179 e. The minimum absolute atomic E-state index is 0.0519. The van der Waals surface area contributed by atoms with Gasteiger partial charge in [0.1, 0.15) is 17.6 Å². The molecule has 8 heteroatoms. The molecule has 38 heavy (non-hydrogen) atoms. The Labute approximate surface area is 228 Å². The first-order chi connectivity index (χ1) is 18.3. The Balaban J connectivity index is 1.56. The van der Waals surface area contributed by atoms with Gasteiger partial charge in [-0.25, -0.2) is 8.42 Å². The molecule has 0 spiro atoms. The van der Waals surface area contributed by atoms with Crippen molar-refractivity contribution >= 4 is 32.6 Å². The van der Waals surface area contributed by atoms with E-state index in [9.17, 15) is 17.9 Å². The van der Waals surface area contributed by atoms with Gasteiger partial charge in [-0.1, -0.05) is 35.9 Å². The largest absolute Gasteiger partial charge is 0.508 e. The number of ether oxygens (including phenoxy) is 1. The van der Waals surface area contributed by atoms with Crippen molar-refractivity contribution in [3.8, 4) is 11.5 Å². The van der Waals surface area contributed by atoms with Crippen molar-refractivity contribution < 1.29 is 22.7 Å². The molecule has 200 valence electrons. The quantitative estimate of drug-likeness (QED) is 0.370. The molecule has 5 rings (SSSR count). The second kappa shape index (κ2) is 11.1. The summed E-state index contributed by atoms with van der Waals surface area (Å²) in [5.41, 5.74) is 4.90. The molecule has 5 nitrogen and oxygen atoms in total. The van der Waals surface area contributed by atoms with E-state index in [0.29, 0.717) is 23.4 Å². The number of allylic oxidation sites excluding steroid dienone is 1. The summed E-state index contributed by atoms with van der Waals surface area (Å²) in [5, 5.41) is 10.8. The van der Waals surface area contributed by atoms with E-state index in [1.54, 1.807) is 6.07 Å². The topological polar surface area (TPSA) is 66.8 Å². The van der Waals surface area contributed by atoms with E-state index in [2.05, 4.69) is 4.90 Å². The second-order valence-corrected chi connectivity index (χ2v) is 12.4. The van der Waals surface area contributed by atoms with E-state index in [-0.39, 0.29) is 29.2 Å². The lowest BCUT2D eigenvalue weighted by molar-refractivity contribution is 0.198. The number of benzene rings is 3. The van der Waals surface area contributed by atoms with Gasteiger partial charge in [-0.2, -0.15) is 0 Å². The molecular formula is C30H31ClFNO4S. The fourth-order valence-corrected chi connectivity index (χ4v) is 7.09. The third-order valence-corrected chi connectivity index (χ3v) is 9.53. The van der Waals surface area contributed by atoms with Crippen LogP contribution in [0.1, 0.15) is 41.5 Å². The number of fused-ring (bicyclic) bond motifs is 1. The first kappa shape index (κ1) is 26.7. The molecule has 3 aromatic rings. The van der Waals surface area contributed by atoms with E-state index in [0.717, 1.165) is 59.6 Å². The third kappa shape index (κ3) is 5.46. The first-order valence-electron chi connectivity index (χ1n) is 12.9. The molecule has 3 aromatic carbocycles. The molecule has 1 saturated heterocycles. The van der Waals surface area contributed by atoms with Gasteiger partial charge < -0.3 is 9.84 Å². The number of aromatic hydroxyl groups is 1. The number of phenols is 1. The van der Waals surface area contributed by atoms with Crippen LogP contribution in [-0.4, -0.2) is 56.6 Å². The minimum atomic E-state index is -3.63. The molecule has 0 unspecified atom stereocenters. The number of nitrogens with zero attached hydrogens (tertiary/aromatic N) is 1. The predicted octanol–water partition coefficient (Wildman–Crippen LogP) is 6.30. The normalized spacial score (nSPS) is 19.3. The summed E-state index contributed by atoms with van der Waals surface area (Å²) < 4.78 is 45.3. The van der Waals surface area contributed by atoms with Crippen molar-refractivity contribution in [3.05, 3.63) is 87.9 Å². The Kier molecular flexibility index (Phi) is 7.80. The average molecular weight is 556 g/mol. The molecule has 0 saturated carbocycles. The van der Waals surface area contributed by atoms with E-state index < -0.39 is 9.84 Å². The van der Waals surface area contributed by atoms with Crippen LogP contribution in [0.25, 0.3) is 11.1 Å². The molecule has 2 aliphatic heterocycles. The Morgan fingerprint density at radius 2 is 1.89 bits per heavy atom. The van der Waals surface area contributed by atoms with Gasteiger partial charge >= 0.3 is 0 Å². The fourth-order valence-electron chi connectivity index (χ4n) is 5.41. The first-order valence-corrected chi connectivity index (χ1v) is 14.9. The number of rotatable bonds is 7. The summed E-state index contributed by atoms with van der Waals surface area (Å²) in [7, 11) is -3.63. The standard InChI is InChI=1S/C30H31ClFNO4S/c1-20-25(4-2-5-28(20)31)26-13-17-38(35,36)29-18-22(34)8-11-27(29)30(26)21-6-9-23(10-7-21)37-24-12-16-33(19-24)15-3-14-32/h2,4-11,18,24,34H,3,12-17,19H2,1H3/t24-/m0/s1. The van der Waals surface area contributed by atoms with Gasteiger partial charge in [-0.05, 0) is 90.4 Å². The predicted molar refractivity (Wildman–Crippen MR) is 149 cm³/mol. The molecule has 0 bridgehead atoms. The van der Waals surface area contributed by atoms with Crippen LogP contribution in [-0.2, 0) is 9.84 Å². The van der Waals surface area contributed by atoms with Gasteiger partial charge in [0.25, 0.3) is 0 Å². The zero-order valence-electron chi connectivity index (χ0n) is 21.3. The van der Waals surface area contributed by atoms with E-state index in [1.165, 1.54) is 12.1 Å². The summed E-state index contributed by atoms with van der Waals surface area (Å²) in [6.45, 7) is 4.05. The Morgan fingerprint density at radius 1 is 1.11 bits per heavy atom. The van der Waals surface area contributed by atoms with Crippen molar-refractivity contribution in [3.63, 3.8) is 0 Å². The Bertz CT molecular complexity index is 1470. The van der Waals surface area contributed by atoms with E-state index >= 15 is 0 Å². The number of alkyl halides is 1. The van der Waals surface area contributed by atoms with Crippen LogP contribution in [0, 0.1) is 6.92 Å². The number of likely N-dealkylation sites (tertiary alicyclic amines) is 1. The van der Waals surface area contributed by atoms with Crippen molar-refractivity contribution in [1.82, 2.24) is 4.90 Å². The maximum absolute atomic E-state index is 13.3. The van der Waals surface area contributed by atoms with Crippen molar-refractivity contribution in [1.29, 1.82) is 0 Å². The SMILES string of the molecule is Cc1c(Cl)cccc1C1=C(c2ccc(O[C@H]3CCN(CCCF)C3)cc2)c2ccc(O)cc2S(=O)(=O)CC1. The zero-order chi connectivity index (χ0) is 26.9. The van der Waals surface area contributed by atoms with Gasteiger partial charge in [-0.15, -0.1) is 0 Å². The lowest BCUT2D eigenvalue weighted by atomic mass is 9.86. The van der Waals surface area contributed by atoms with Gasteiger partial charge in [0, 0.05) is 30.2 Å². The summed E-state index contributed by atoms with van der Waals surface area (Å²) >= 11 is 6.47. The van der Waals surface area contributed by atoms with Gasteiger partial charge in [0.15, 0.2) is 9.84 Å². The average Bonchev–Trinajstić information content (AvgIpc) is 3.31. The molecular weight excluding hydrogens is 525 g/mol. The summed E-state index contributed by atoms with van der Waals surface area (Å²) in [5.74, 6) is 0.574. The molecule has 1 fully saturated rings. The number of hydrogen-bond acceptors (Lipinski definition) is 5. The highest BCUT2D eigenvalue weighted by Crippen LogP contribution is 2.43. The van der Waals surface area contributed by atoms with Crippen LogP contribution in [0.3, 0.4) is 0 Å². The van der Waals surface area contributed by atoms with Crippen LogP contribution < -0.4 is 4.74 Å². The summed E-state index contributed by atoms with van der Waals surface area (Å²) in [6, 6.07) is 17.9. The highest BCUT2D eigenvalue weighted by Gasteiger charge is 2.30. The lowest BCUT2D eigenvalue weighted by Gasteiger charge is -2.19. The maximum atomic E-state index is 13.3. The third-order valence-electron chi connectivity index (χ3n) is 7.37. The van der Waals surface area contributed by atoms with Crippen LogP contribution in [0.2, 0.25) is 5.02 Å². The summed E-state index contributed by atoms with van der Waals surface area (Å²) in [4.78, 5) is 2.35. The van der Waals surface area contributed by atoms with Crippen LogP contribution >= 0.6 is 11.6 Å². The van der Waals surface area contributed by atoms with E-state index in [1.807, 2.05) is 49.4 Å². The monoisotopic (exact) mass is 555 g/mol. The molecule has 1 N–H and O–H groups in total. The minimum Gasteiger partial charge on any atom is -0.508 e. The smallest absolute Gasteiger partial charge is 0.179 e. The number of phenolic OH excluding ortho intramolecular Hbond substituents is 1.